The number of sulfonamides is 1. The van der Waals surface area contributed by atoms with Crippen LogP contribution in [-0.4, -0.2) is 31.7 Å². The van der Waals surface area contributed by atoms with Crippen molar-refractivity contribution in [2.45, 2.75) is 90.5 Å². The van der Waals surface area contributed by atoms with Gasteiger partial charge >= 0.3 is 0 Å². The van der Waals surface area contributed by atoms with Crippen LogP contribution in [0.3, 0.4) is 0 Å². The summed E-state index contributed by atoms with van der Waals surface area (Å²) in [6.07, 6.45) is 1.83. The standard InChI is InChI=1S/C28H41N3O4S/c1-18(2)14-24(31-36(34,35)21-12-10-19(3)11-13-21)26(33)30-29-17-20-15-22(27(4,5)6)25(32)23(16-20)28(7,8)9/h10-13,15-18,24,31-32H,14H2,1-9H3,(H,30,33)/b29-17-/t24-/m1/s1. The third kappa shape index (κ3) is 7.90. The molecule has 1 atom stereocenters. The molecule has 0 aromatic heterocycles. The van der Waals surface area contributed by atoms with Gasteiger partial charge in [0.25, 0.3) is 5.91 Å². The van der Waals surface area contributed by atoms with Crippen molar-refractivity contribution in [2.75, 3.05) is 0 Å². The molecule has 0 spiro atoms. The summed E-state index contributed by atoms with van der Waals surface area (Å²) < 4.78 is 28.3. The molecular formula is C28H41N3O4S. The van der Waals surface area contributed by atoms with E-state index in [-0.39, 0.29) is 27.4 Å². The maximum Gasteiger partial charge on any atom is 0.258 e. The number of aromatic hydroxyl groups is 1. The highest BCUT2D eigenvalue weighted by atomic mass is 32.2. The number of phenolic OH excluding ortho intramolecular Hbond substituents is 1. The minimum absolute atomic E-state index is 0.0752. The summed E-state index contributed by atoms with van der Waals surface area (Å²) in [5, 5.41) is 15.0. The number of amides is 1. The van der Waals surface area contributed by atoms with Gasteiger partial charge < -0.3 is 5.11 Å². The van der Waals surface area contributed by atoms with E-state index in [0.717, 1.165) is 22.3 Å². The van der Waals surface area contributed by atoms with Crippen LogP contribution in [0.4, 0.5) is 0 Å². The summed E-state index contributed by atoms with van der Waals surface area (Å²) in [4.78, 5) is 13.1. The highest BCUT2D eigenvalue weighted by Crippen LogP contribution is 2.39. The number of benzene rings is 2. The number of hydrazone groups is 1. The van der Waals surface area contributed by atoms with Crippen LogP contribution < -0.4 is 10.1 Å². The highest BCUT2D eigenvalue weighted by Gasteiger charge is 2.28. The molecule has 0 aliphatic carbocycles. The fourth-order valence-corrected chi connectivity index (χ4v) is 4.98. The number of phenols is 1. The largest absolute Gasteiger partial charge is 0.507 e. The molecule has 0 bridgehead atoms. The molecule has 0 heterocycles. The van der Waals surface area contributed by atoms with Crippen LogP contribution in [0.25, 0.3) is 0 Å². The van der Waals surface area contributed by atoms with E-state index >= 15 is 0 Å². The first-order valence-electron chi connectivity index (χ1n) is 12.2. The molecule has 8 heteroatoms. The number of nitrogens with one attached hydrogen (secondary N) is 2. The summed E-state index contributed by atoms with van der Waals surface area (Å²) in [6, 6.07) is 9.19. The van der Waals surface area contributed by atoms with Gasteiger partial charge in [-0.2, -0.15) is 9.82 Å². The van der Waals surface area contributed by atoms with Gasteiger partial charge in [0.2, 0.25) is 10.0 Å². The Hall–Kier alpha value is -2.71. The molecular weight excluding hydrogens is 474 g/mol. The van der Waals surface area contributed by atoms with Crippen molar-refractivity contribution in [3.8, 4) is 5.75 Å². The number of carbonyl (C=O) groups is 1. The smallest absolute Gasteiger partial charge is 0.258 e. The monoisotopic (exact) mass is 515 g/mol. The van der Waals surface area contributed by atoms with Gasteiger partial charge in [-0.3, -0.25) is 4.79 Å². The molecule has 1 amide bonds. The lowest BCUT2D eigenvalue weighted by molar-refractivity contribution is -0.123. The fourth-order valence-electron chi connectivity index (χ4n) is 3.78. The molecule has 0 saturated carbocycles. The van der Waals surface area contributed by atoms with E-state index in [2.05, 4.69) is 15.2 Å². The van der Waals surface area contributed by atoms with Crippen molar-refractivity contribution in [3.63, 3.8) is 0 Å². The lowest BCUT2D eigenvalue weighted by Gasteiger charge is -2.27. The van der Waals surface area contributed by atoms with Crippen molar-refractivity contribution in [3.05, 3.63) is 58.7 Å². The molecule has 0 radical (unpaired) electrons. The van der Waals surface area contributed by atoms with Gasteiger partial charge in [-0.25, -0.2) is 13.8 Å². The third-order valence-electron chi connectivity index (χ3n) is 5.79. The van der Waals surface area contributed by atoms with Gasteiger partial charge in [0.1, 0.15) is 11.8 Å². The zero-order valence-corrected chi connectivity index (χ0v) is 23.7. The Morgan fingerprint density at radius 2 is 1.50 bits per heavy atom. The van der Waals surface area contributed by atoms with Gasteiger partial charge in [0, 0.05) is 11.1 Å². The Morgan fingerprint density at radius 3 is 1.94 bits per heavy atom. The number of rotatable bonds is 8. The molecule has 0 aliphatic heterocycles. The van der Waals surface area contributed by atoms with Crippen LogP contribution in [0.15, 0.2) is 46.4 Å². The Kier molecular flexibility index (Phi) is 9.13. The average molecular weight is 516 g/mol. The molecule has 0 aliphatic rings. The summed E-state index contributed by atoms with van der Waals surface area (Å²) in [7, 11) is -3.88. The molecule has 2 aromatic carbocycles. The summed E-state index contributed by atoms with van der Waals surface area (Å²) in [6.45, 7) is 17.8. The molecule has 2 rings (SSSR count). The molecule has 0 unspecified atom stereocenters. The molecule has 0 saturated heterocycles. The Labute approximate surface area is 216 Å². The van der Waals surface area contributed by atoms with Crippen LogP contribution >= 0.6 is 0 Å². The highest BCUT2D eigenvalue weighted by molar-refractivity contribution is 7.89. The average Bonchev–Trinajstić information content (AvgIpc) is 2.72. The van der Waals surface area contributed by atoms with E-state index < -0.39 is 22.0 Å². The maximum atomic E-state index is 12.9. The minimum atomic E-state index is -3.88. The predicted molar refractivity (Wildman–Crippen MR) is 146 cm³/mol. The van der Waals surface area contributed by atoms with Crippen LogP contribution in [0.2, 0.25) is 0 Å². The predicted octanol–water partition coefficient (Wildman–Crippen LogP) is 5.14. The van der Waals surface area contributed by atoms with Crippen molar-refractivity contribution in [2.24, 2.45) is 11.0 Å². The van der Waals surface area contributed by atoms with Crippen molar-refractivity contribution in [1.82, 2.24) is 10.1 Å². The zero-order valence-electron chi connectivity index (χ0n) is 22.9. The van der Waals surface area contributed by atoms with Crippen LogP contribution in [0.5, 0.6) is 5.75 Å². The summed E-state index contributed by atoms with van der Waals surface area (Å²) >= 11 is 0. The van der Waals surface area contributed by atoms with Crippen LogP contribution in [0.1, 0.15) is 84.1 Å². The molecule has 2 aromatic rings. The van der Waals surface area contributed by atoms with Crippen LogP contribution in [-0.2, 0) is 25.6 Å². The van der Waals surface area contributed by atoms with Gasteiger partial charge in [-0.15, -0.1) is 0 Å². The second-order valence-electron chi connectivity index (χ2n) is 11.8. The van der Waals surface area contributed by atoms with Crippen molar-refractivity contribution < 1.29 is 18.3 Å². The third-order valence-corrected chi connectivity index (χ3v) is 7.28. The van der Waals surface area contributed by atoms with Gasteiger partial charge in [-0.1, -0.05) is 73.1 Å². The lowest BCUT2D eigenvalue weighted by atomic mass is 9.78. The zero-order chi connectivity index (χ0) is 27.5. The summed E-state index contributed by atoms with van der Waals surface area (Å²) in [5.74, 6) is -0.202. The van der Waals surface area contributed by atoms with E-state index in [9.17, 15) is 18.3 Å². The number of hydrogen-bond acceptors (Lipinski definition) is 5. The SMILES string of the molecule is Cc1ccc(S(=O)(=O)N[C@H](CC(C)C)C(=O)N/N=C\c2cc(C(C)(C)C)c(O)c(C(C)(C)C)c2)cc1. The van der Waals surface area contributed by atoms with E-state index in [1.165, 1.54) is 18.3 Å². The minimum Gasteiger partial charge on any atom is -0.507 e. The molecule has 3 N–H and O–H groups in total. The van der Waals surface area contributed by atoms with Gasteiger partial charge in [-0.05, 0) is 59.9 Å². The second kappa shape index (κ2) is 11.1. The van der Waals surface area contributed by atoms with E-state index in [0.29, 0.717) is 6.42 Å². The summed E-state index contributed by atoms with van der Waals surface area (Å²) in [5.41, 5.74) is 5.13. The van der Waals surface area contributed by atoms with Crippen molar-refractivity contribution >= 4 is 22.1 Å². The quantitative estimate of drug-likeness (QED) is 0.334. The molecule has 7 nitrogen and oxygen atoms in total. The second-order valence-corrected chi connectivity index (χ2v) is 13.5. The van der Waals surface area contributed by atoms with Gasteiger partial charge in [0.05, 0.1) is 11.1 Å². The normalized spacial score (nSPS) is 13.8. The van der Waals surface area contributed by atoms with E-state index in [1.54, 1.807) is 12.1 Å². The molecule has 36 heavy (non-hydrogen) atoms. The van der Waals surface area contributed by atoms with Crippen LogP contribution in [0, 0.1) is 12.8 Å². The Balaban J connectivity index is 2.30. The topological polar surface area (TPSA) is 108 Å². The van der Waals surface area contributed by atoms with Crippen molar-refractivity contribution in [1.29, 1.82) is 0 Å². The Morgan fingerprint density at radius 1 is 1.00 bits per heavy atom. The number of hydrogen-bond donors (Lipinski definition) is 3. The fraction of sp³-hybridized carbons (Fsp3) is 0.500. The maximum absolute atomic E-state index is 12.9. The van der Waals surface area contributed by atoms with E-state index in [4.69, 9.17) is 0 Å². The molecule has 198 valence electrons. The van der Waals surface area contributed by atoms with E-state index in [1.807, 2.05) is 74.4 Å². The number of carbonyl (C=O) groups excluding carboxylic acids is 1. The van der Waals surface area contributed by atoms with Gasteiger partial charge in [0.15, 0.2) is 0 Å². The number of aryl methyl sites for hydroxylation is 1. The molecule has 0 fully saturated rings. The number of nitrogens with zero attached hydrogens (tertiary/aromatic N) is 1. The first-order valence-corrected chi connectivity index (χ1v) is 13.7. The lowest BCUT2D eigenvalue weighted by Crippen LogP contribution is -2.46. The Bertz CT molecular complexity index is 1170. The first kappa shape index (κ1) is 29.5. The first-order chi connectivity index (χ1) is 16.4.